The number of esters is 1. The average Bonchev–Trinajstić information content (AvgIpc) is 3.30. The molecule has 3 aromatic rings. The number of pyridine rings is 1. The number of nitrogen functional groups attached to an aromatic ring is 1. The summed E-state index contributed by atoms with van der Waals surface area (Å²) in [6.45, 7) is 0.396. The lowest BCUT2D eigenvalue weighted by molar-refractivity contribution is -0.140. The molecule has 126 valence electrons. The van der Waals surface area contributed by atoms with Gasteiger partial charge in [0.05, 0.1) is 36.8 Å². The van der Waals surface area contributed by atoms with E-state index in [9.17, 15) is 10.1 Å². The molecule has 7 nitrogen and oxygen atoms in total. The zero-order valence-corrected chi connectivity index (χ0v) is 14.3. The number of thiophene rings is 1. The van der Waals surface area contributed by atoms with Gasteiger partial charge in [-0.25, -0.2) is 4.98 Å². The second-order valence-electron chi connectivity index (χ2n) is 5.22. The number of nitrogens with two attached hydrogens (primary N) is 1. The fourth-order valence-electron chi connectivity index (χ4n) is 2.39. The fourth-order valence-corrected chi connectivity index (χ4v) is 3.08. The molecule has 0 aliphatic rings. The number of nitrogens with zero attached hydrogens (tertiary/aromatic N) is 4. The highest BCUT2D eigenvalue weighted by molar-refractivity contribution is 7.13. The van der Waals surface area contributed by atoms with Crippen molar-refractivity contribution < 1.29 is 9.53 Å². The molecule has 3 heterocycles. The van der Waals surface area contributed by atoms with Crippen LogP contribution in [0.5, 0.6) is 0 Å². The molecule has 2 N–H and O–H groups in total. The van der Waals surface area contributed by atoms with Crippen LogP contribution in [0.4, 0.5) is 5.82 Å². The first kappa shape index (κ1) is 16.7. The molecule has 0 bridgehead atoms. The Labute approximate surface area is 148 Å². The van der Waals surface area contributed by atoms with Crippen molar-refractivity contribution in [1.29, 1.82) is 5.26 Å². The third kappa shape index (κ3) is 3.51. The Balaban J connectivity index is 1.97. The Morgan fingerprint density at radius 1 is 1.52 bits per heavy atom. The summed E-state index contributed by atoms with van der Waals surface area (Å²) in [5, 5.41) is 15.6. The summed E-state index contributed by atoms with van der Waals surface area (Å²) < 4.78 is 6.26. The zero-order chi connectivity index (χ0) is 17.8. The molecule has 0 fully saturated rings. The van der Waals surface area contributed by atoms with E-state index in [0.29, 0.717) is 23.4 Å². The van der Waals surface area contributed by atoms with Crippen LogP contribution in [0.15, 0.2) is 36.0 Å². The summed E-state index contributed by atoms with van der Waals surface area (Å²) >= 11 is 1.55. The largest absolute Gasteiger partial charge is 0.469 e. The van der Waals surface area contributed by atoms with Gasteiger partial charge in [-0.1, -0.05) is 6.07 Å². The number of anilines is 1. The number of hydrogen-bond acceptors (Lipinski definition) is 7. The van der Waals surface area contributed by atoms with Crippen LogP contribution < -0.4 is 5.73 Å². The molecule has 0 aliphatic heterocycles. The zero-order valence-electron chi connectivity index (χ0n) is 13.5. The summed E-state index contributed by atoms with van der Waals surface area (Å²) in [7, 11) is 1.35. The number of methoxy groups -OCH3 is 1. The first-order chi connectivity index (χ1) is 12.1. The number of nitriles is 1. The number of carbonyl (C=O) groups excluding carboxylic acids is 1. The minimum atomic E-state index is -0.303. The Morgan fingerprint density at radius 3 is 3.04 bits per heavy atom. The Bertz CT molecular complexity index is 941. The Kier molecular flexibility index (Phi) is 4.77. The van der Waals surface area contributed by atoms with Crippen LogP contribution in [-0.4, -0.2) is 27.8 Å². The van der Waals surface area contributed by atoms with E-state index in [1.165, 1.54) is 7.11 Å². The van der Waals surface area contributed by atoms with Gasteiger partial charge >= 0.3 is 5.97 Å². The second-order valence-corrected chi connectivity index (χ2v) is 6.17. The maximum absolute atomic E-state index is 11.3. The molecular weight excluding hydrogens is 338 g/mol. The topological polar surface area (TPSA) is 107 Å². The molecule has 25 heavy (non-hydrogen) atoms. The predicted molar refractivity (Wildman–Crippen MR) is 94.5 cm³/mol. The minimum Gasteiger partial charge on any atom is -0.469 e. The average molecular weight is 353 g/mol. The van der Waals surface area contributed by atoms with E-state index in [2.05, 4.69) is 20.9 Å². The molecule has 0 atom stereocenters. The van der Waals surface area contributed by atoms with Gasteiger partial charge in [0, 0.05) is 17.3 Å². The molecule has 0 aliphatic carbocycles. The summed E-state index contributed by atoms with van der Waals surface area (Å²) in [5.74, 6) is -0.117. The van der Waals surface area contributed by atoms with Gasteiger partial charge in [-0.3, -0.25) is 9.48 Å². The summed E-state index contributed by atoms with van der Waals surface area (Å²) in [4.78, 5) is 16.5. The smallest absolute Gasteiger partial charge is 0.307 e. The van der Waals surface area contributed by atoms with E-state index >= 15 is 0 Å². The van der Waals surface area contributed by atoms with E-state index in [1.807, 2.05) is 23.6 Å². The molecule has 0 radical (unpaired) electrons. The third-order valence-corrected chi connectivity index (χ3v) is 4.54. The molecule has 3 rings (SSSR count). The minimum absolute atomic E-state index is 0.186. The maximum atomic E-state index is 11.3. The van der Waals surface area contributed by atoms with Crippen molar-refractivity contribution in [3.8, 4) is 27.8 Å². The van der Waals surface area contributed by atoms with Crippen LogP contribution in [-0.2, 0) is 16.1 Å². The van der Waals surface area contributed by atoms with Crippen LogP contribution in [0.2, 0.25) is 0 Å². The van der Waals surface area contributed by atoms with E-state index in [4.69, 9.17) is 5.73 Å². The highest BCUT2D eigenvalue weighted by atomic mass is 32.1. The molecule has 0 saturated carbocycles. The van der Waals surface area contributed by atoms with Gasteiger partial charge < -0.3 is 10.5 Å². The van der Waals surface area contributed by atoms with Gasteiger partial charge in [-0.05, 0) is 17.5 Å². The van der Waals surface area contributed by atoms with Gasteiger partial charge in [-0.15, -0.1) is 11.3 Å². The lowest BCUT2D eigenvalue weighted by atomic mass is 10.0. The highest BCUT2D eigenvalue weighted by Gasteiger charge is 2.15. The van der Waals surface area contributed by atoms with E-state index < -0.39 is 0 Å². The van der Waals surface area contributed by atoms with E-state index in [-0.39, 0.29) is 18.2 Å². The SMILES string of the molecule is COC(=O)CCn1cc(-c2cc(-c3cccs3)nc(N)c2C#N)cn1. The maximum Gasteiger partial charge on any atom is 0.307 e. The van der Waals surface area contributed by atoms with Gasteiger partial charge in [0.25, 0.3) is 0 Å². The van der Waals surface area contributed by atoms with Crippen molar-refractivity contribution in [2.45, 2.75) is 13.0 Å². The standard InChI is InChI=1S/C17H15N5O2S/c1-24-16(23)4-5-22-10-11(9-20-22)12-7-14(15-3-2-6-25-15)21-17(19)13(12)8-18/h2-3,6-7,9-10H,4-5H2,1H3,(H2,19,21). The molecule has 0 spiro atoms. The van der Waals surface area contributed by atoms with E-state index in [1.54, 1.807) is 28.4 Å². The Hall–Kier alpha value is -3.18. The Morgan fingerprint density at radius 2 is 2.36 bits per heavy atom. The number of aryl methyl sites for hydroxylation is 1. The van der Waals surface area contributed by atoms with Gasteiger partial charge in [0.2, 0.25) is 0 Å². The van der Waals surface area contributed by atoms with Crippen molar-refractivity contribution in [2.75, 3.05) is 12.8 Å². The van der Waals surface area contributed by atoms with Crippen LogP contribution >= 0.6 is 11.3 Å². The lowest BCUT2D eigenvalue weighted by Crippen LogP contribution is -2.07. The number of aromatic nitrogens is 3. The van der Waals surface area contributed by atoms with Gasteiger partial charge in [0.15, 0.2) is 0 Å². The van der Waals surface area contributed by atoms with Crippen LogP contribution in [0.25, 0.3) is 21.7 Å². The normalized spacial score (nSPS) is 10.4. The molecular formula is C17H15N5O2S. The number of hydrogen-bond donors (Lipinski definition) is 1. The van der Waals surface area contributed by atoms with Crippen LogP contribution in [0.1, 0.15) is 12.0 Å². The third-order valence-electron chi connectivity index (χ3n) is 3.65. The molecule has 0 saturated heterocycles. The van der Waals surface area contributed by atoms with Crippen LogP contribution in [0, 0.1) is 11.3 Å². The predicted octanol–water partition coefficient (Wildman–Crippen LogP) is 2.69. The van der Waals surface area contributed by atoms with Crippen molar-refractivity contribution in [3.05, 3.63) is 41.5 Å². The first-order valence-corrected chi connectivity index (χ1v) is 8.34. The molecule has 0 amide bonds. The molecule has 0 unspecified atom stereocenters. The summed E-state index contributed by atoms with van der Waals surface area (Å²) in [6.07, 6.45) is 3.64. The van der Waals surface area contributed by atoms with Crippen molar-refractivity contribution in [2.24, 2.45) is 0 Å². The first-order valence-electron chi connectivity index (χ1n) is 7.46. The fraction of sp³-hybridized carbons (Fsp3) is 0.176. The van der Waals surface area contributed by atoms with Crippen LogP contribution in [0.3, 0.4) is 0 Å². The summed E-state index contributed by atoms with van der Waals surface area (Å²) in [5.41, 5.74) is 8.42. The highest BCUT2D eigenvalue weighted by Crippen LogP contribution is 2.32. The number of ether oxygens (including phenoxy) is 1. The number of rotatable bonds is 5. The number of carbonyl (C=O) groups is 1. The molecule has 0 aromatic carbocycles. The molecule has 8 heteroatoms. The summed E-state index contributed by atoms with van der Waals surface area (Å²) in [6, 6.07) is 7.82. The second kappa shape index (κ2) is 7.15. The van der Waals surface area contributed by atoms with Crippen molar-refractivity contribution >= 4 is 23.1 Å². The van der Waals surface area contributed by atoms with E-state index in [0.717, 1.165) is 10.4 Å². The van der Waals surface area contributed by atoms with Gasteiger partial charge in [-0.2, -0.15) is 10.4 Å². The molecule has 3 aromatic heterocycles. The van der Waals surface area contributed by atoms with Gasteiger partial charge in [0.1, 0.15) is 17.5 Å². The lowest BCUT2D eigenvalue weighted by Gasteiger charge is -2.07. The monoisotopic (exact) mass is 353 g/mol. The quantitative estimate of drug-likeness (QED) is 0.707. The van der Waals surface area contributed by atoms with Crippen molar-refractivity contribution in [1.82, 2.24) is 14.8 Å². The van der Waals surface area contributed by atoms with Crippen molar-refractivity contribution in [3.63, 3.8) is 0 Å².